The van der Waals surface area contributed by atoms with Crippen molar-refractivity contribution in [1.82, 2.24) is 0 Å². The summed E-state index contributed by atoms with van der Waals surface area (Å²) in [5, 5.41) is 0. The third-order valence-electron chi connectivity index (χ3n) is 2.65. The lowest BCUT2D eigenvalue weighted by atomic mass is 9.98. The molecule has 1 rings (SSSR count). The maximum Gasteiger partial charge on any atom is 0.00671 e. The lowest BCUT2D eigenvalue weighted by Gasteiger charge is -2.13. The second-order valence-corrected chi connectivity index (χ2v) is 3.50. The SMILES string of the molecule is CCCCC1CCCC1N. The molecule has 1 aliphatic carbocycles. The van der Waals surface area contributed by atoms with Crippen molar-refractivity contribution in [2.24, 2.45) is 11.7 Å². The molecule has 2 unspecified atom stereocenters. The zero-order chi connectivity index (χ0) is 7.40. The highest BCUT2D eigenvalue weighted by Crippen LogP contribution is 2.27. The Bertz CT molecular complexity index is 90.7. The average molecular weight is 141 g/mol. The van der Waals surface area contributed by atoms with E-state index in [-0.39, 0.29) is 0 Å². The Morgan fingerprint density at radius 2 is 2.20 bits per heavy atom. The van der Waals surface area contributed by atoms with Gasteiger partial charge in [0, 0.05) is 6.04 Å². The minimum atomic E-state index is 0.534. The predicted octanol–water partition coefficient (Wildman–Crippen LogP) is 2.30. The Morgan fingerprint density at radius 3 is 2.70 bits per heavy atom. The zero-order valence-electron chi connectivity index (χ0n) is 6.97. The third-order valence-corrected chi connectivity index (χ3v) is 2.65. The maximum absolute atomic E-state index is 5.92. The Kier molecular flexibility index (Phi) is 3.20. The molecule has 0 aromatic heterocycles. The highest BCUT2D eigenvalue weighted by molar-refractivity contribution is 4.79. The molecule has 1 heteroatoms. The van der Waals surface area contributed by atoms with Crippen molar-refractivity contribution in [2.75, 3.05) is 0 Å². The lowest BCUT2D eigenvalue weighted by molar-refractivity contribution is 0.431. The monoisotopic (exact) mass is 141 g/mol. The van der Waals surface area contributed by atoms with Crippen LogP contribution in [-0.2, 0) is 0 Å². The summed E-state index contributed by atoms with van der Waals surface area (Å²) in [6.07, 6.45) is 8.10. The van der Waals surface area contributed by atoms with Crippen LogP contribution in [0.25, 0.3) is 0 Å². The maximum atomic E-state index is 5.92. The quantitative estimate of drug-likeness (QED) is 0.641. The summed E-state index contributed by atoms with van der Waals surface area (Å²) in [5.74, 6) is 0.861. The summed E-state index contributed by atoms with van der Waals surface area (Å²) in [6.45, 7) is 2.25. The van der Waals surface area contributed by atoms with Crippen molar-refractivity contribution in [3.63, 3.8) is 0 Å². The molecule has 10 heavy (non-hydrogen) atoms. The molecule has 0 saturated heterocycles. The molecule has 1 saturated carbocycles. The Labute approximate surface area is 64.0 Å². The molecule has 0 heterocycles. The van der Waals surface area contributed by atoms with Crippen LogP contribution in [0.4, 0.5) is 0 Å². The smallest absolute Gasteiger partial charge is 0.00671 e. The van der Waals surface area contributed by atoms with E-state index in [1.54, 1.807) is 0 Å². The molecule has 1 nitrogen and oxygen atoms in total. The van der Waals surface area contributed by atoms with Gasteiger partial charge in [-0.05, 0) is 25.2 Å². The fourth-order valence-corrected chi connectivity index (χ4v) is 1.89. The summed E-state index contributed by atoms with van der Waals surface area (Å²) < 4.78 is 0. The molecule has 0 aromatic carbocycles. The Hall–Kier alpha value is -0.0400. The topological polar surface area (TPSA) is 26.0 Å². The second kappa shape index (κ2) is 3.97. The fraction of sp³-hybridized carbons (Fsp3) is 1.00. The lowest BCUT2D eigenvalue weighted by Crippen LogP contribution is -2.24. The van der Waals surface area contributed by atoms with E-state index in [2.05, 4.69) is 6.92 Å². The van der Waals surface area contributed by atoms with Gasteiger partial charge in [0.1, 0.15) is 0 Å². The second-order valence-electron chi connectivity index (χ2n) is 3.50. The van der Waals surface area contributed by atoms with E-state index in [1.807, 2.05) is 0 Å². The van der Waals surface area contributed by atoms with E-state index in [1.165, 1.54) is 38.5 Å². The minimum absolute atomic E-state index is 0.534. The minimum Gasteiger partial charge on any atom is -0.327 e. The van der Waals surface area contributed by atoms with Crippen molar-refractivity contribution >= 4 is 0 Å². The van der Waals surface area contributed by atoms with Gasteiger partial charge in [-0.25, -0.2) is 0 Å². The number of nitrogens with two attached hydrogens (primary N) is 1. The van der Waals surface area contributed by atoms with Gasteiger partial charge in [0.15, 0.2) is 0 Å². The molecule has 1 fully saturated rings. The fourth-order valence-electron chi connectivity index (χ4n) is 1.89. The van der Waals surface area contributed by atoms with E-state index in [9.17, 15) is 0 Å². The number of rotatable bonds is 3. The molecular weight excluding hydrogens is 122 g/mol. The van der Waals surface area contributed by atoms with Crippen LogP contribution in [0, 0.1) is 5.92 Å². The normalized spacial score (nSPS) is 33.0. The predicted molar refractivity (Wildman–Crippen MR) is 44.8 cm³/mol. The van der Waals surface area contributed by atoms with Gasteiger partial charge in [-0.15, -0.1) is 0 Å². The first kappa shape index (κ1) is 8.06. The van der Waals surface area contributed by atoms with E-state index < -0.39 is 0 Å². The molecule has 0 radical (unpaired) electrons. The molecule has 0 aliphatic heterocycles. The van der Waals surface area contributed by atoms with Crippen molar-refractivity contribution in [2.45, 2.75) is 51.5 Å². The summed E-state index contributed by atoms with van der Waals surface area (Å²) in [5.41, 5.74) is 5.92. The molecule has 0 bridgehead atoms. The summed E-state index contributed by atoms with van der Waals surface area (Å²) in [6, 6.07) is 0.534. The molecule has 2 atom stereocenters. The van der Waals surface area contributed by atoms with Gasteiger partial charge in [-0.1, -0.05) is 26.2 Å². The third kappa shape index (κ3) is 1.98. The van der Waals surface area contributed by atoms with E-state index >= 15 is 0 Å². The van der Waals surface area contributed by atoms with Crippen LogP contribution in [0.1, 0.15) is 45.4 Å². The van der Waals surface area contributed by atoms with Crippen LogP contribution in [0.5, 0.6) is 0 Å². The van der Waals surface area contributed by atoms with E-state index in [4.69, 9.17) is 5.73 Å². The molecule has 1 aliphatic rings. The first-order valence-corrected chi connectivity index (χ1v) is 4.60. The summed E-state index contributed by atoms with van der Waals surface area (Å²) >= 11 is 0. The molecule has 0 aromatic rings. The van der Waals surface area contributed by atoms with Crippen LogP contribution >= 0.6 is 0 Å². The van der Waals surface area contributed by atoms with Gasteiger partial charge < -0.3 is 5.73 Å². The van der Waals surface area contributed by atoms with Crippen LogP contribution in [0.2, 0.25) is 0 Å². The number of unbranched alkanes of at least 4 members (excludes halogenated alkanes) is 1. The molecule has 60 valence electrons. The van der Waals surface area contributed by atoms with Gasteiger partial charge in [0.2, 0.25) is 0 Å². The van der Waals surface area contributed by atoms with Gasteiger partial charge in [-0.3, -0.25) is 0 Å². The van der Waals surface area contributed by atoms with Crippen LogP contribution < -0.4 is 5.73 Å². The number of hydrogen-bond donors (Lipinski definition) is 1. The van der Waals surface area contributed by atoms with Gasteiger partial charge in [0.25, 0.3) is 0 Å². The summed E-state index contributed by atoms with van der Waals surface area (Å²) in [7, 11) is 0. The molecular formula is C9H19N. The van der Waals surface area contributed by atoms with Crippen molar-refractivity contribution in [3.8, 4) is 0 Å². The van der Waals surface area contributed by atoms with Crippen molar-refractivity contribution < 1.29 is 0 Å². The van der Waals surface area contributed by atoms with Crippen LogP contribution in [-0.4, -0.2) is 6.04 Å². The zero-order valence-corrected chi connectivity index (χ0v) is 6.97. The average Bonchev–Trinajstić information content (AvgIpc) is 2.31. The Balaban J connectivity index is 2.14. The van der Waals surface area contributed by atoms with Crippen molar-refractivity contribution in [3.05, 3.63) is 0 Å². The first-order chi connectivity index (χ1) is 4.84. The first-order valence-electron chi connectivity index (χ1n) is 4.60. The Morgan fingerprint density at radius 1 is 1.40 bits per heavy atom. The summed E-state index contributed by atoms with van der Waals surface area (Å²) in [4.78, 5) is 0. The van der Waals surface area contributed by atoms with Crippen molar-refractivity contribution in [1.29, 1.82) is 0 Å². The molecule has 0 spiro atoms. The van der Waals surface area contributed by atoms with Gasteiger partial charge >= 0.3 is 0 Å². The molecule has 2 N–H and O–H groups in total. The molecule has 0 amide bonds. The van der Waals surface area contributed by atoms with Crippen LogP contribution in [0.3, 0.4) is 0 Å². The van der Waals surface area contributed by atoms with Crippen LogP contribution in [0.15, 0.2) is 0 Å². The van der Waals surface area contributed by atoms with E-state index in [0.29, 0.717) is 6.04 Å². The standard InChI is InChI=1S/C9H19N/c1-2-3-5-8-6-4-7-9(8)10/h8-9H,2-7,10H2,1H3. The number of hydrogen-bond acceptors (Lipinski definition) is 1. The van der Waals surface area contributed by atoms with Gasteiger partial charge in [0.05, 0.1) is 0 Å². The largest absolute Gasteiger partial charge is 0.327 e. The highest BCUT2D eigenvalue weighted by atomic mass is 14.7. The van der Waals surface area contributed by atoms with E-state index in [0.717, 1.165) is 5.92 Å². The highest BCUT2D eigenvalue weighted by Gasteiger charge is 2.22. The van der Waals surface area contributed by atoms with Gasteiger partial charge in [-0.2, -0.15) is 0 Å².